The molecule has 0 bridgehead atoms. The zero-order valence-electron chi connectivity index (χ0n) is 19.9. The van der Waals surface area contributed by atoms with E-state index >= 15 is 0 Å². The number of benzene rings is 1. The first kappa shape index (κ1) is 21.5. The van der Waals surface area contributed by atoms with Crippen LogP contribution in [0, 0.1) is 18.3 Å². The SMILES string of the molecule is Cc1c2c(nn1C1CN(CC3CN(c4ccc(C#N)c5ncccc45)CC(C)O3)C1)CNCC2. The molecule has 5 heterocycles. The second kappa shape index (κ2) is 8.66. The fraction of sp³-hybridized carbons (Fsp3) is 0.500. The van der Waals surface area contributed by atoms with Crippen molar-refractivity contribution in [2.45, 2.75) is 45.1 Å². The number of pyridine rings is 1. The molecular formula is C26H31N7O. The van der Waals surface area contributed by atoms with Crippen molar-refractivity contribution < 1.29 is 4.74 Å². The molecule has 2 saturated heterocycles. The fourth-order valence-corrected chi connectivity index (χ4v) is 5.86. The van der Waals surface area contributed by atoms with Crippen LogP contribution >= 0.6 is 0 Å². The van der Waals surface area contributed by atoms with E-state index in [9.17, 15) is 5.26 Å². The number of hydrogen-bond donors (Lipinski definition) is 1. The summed E-state index contributed by atoms with van der Waals surface area (Å²) in [7, 11) is 0. The van der Waals surface area contributed by atoms with E-state index in [1.165, 1.54) is 17.0 Å². The van der Waals surface area contributed by atoms with Gasteiger partial charge in [-0.05, 0) is 56.6 Å². The Balaban J connectivity index is 1.14. The van der Waals surface area contributed by atoms with Crippen LogP contribution < -0.4 is 10.2 Å². The maximum atomic E-state index is 9.48. The Morgan fingerprint density at radius 3 is 2.91 bits per heavy atom. The highest BCUT2D eigenvalue weighted by Gasteiger charge is 2.35. The zero-order valence-corrected chi connectivity index (χ0v) is 19.9. The summed E-state index contributed by atoms with van der Waals surface area (Å²) in [5, 5.41) is 18.9. The Morgan fingerprint density at radius 2 is 2.09 bits per heavy atom. The van der Waals surface area contributed by atoms with Crippen LogP contribution in [0.15, 0.2) is 30.5 Å². The van der Waals surface area contributed by atoms with Gasteiger partial charge in [-0.3, -0.25) is 14.6 Å². The molecule has 8 heteroatoms. The number of nitriles is 1. The minimum absolute atomic E-state index is 0.142. The third kappa shape index (κ3) is 3.74. The number of nitrogens with zero attached hydrogens (tertiary/aromatic N) is 6. The van der Waals surface area contributed by atoms with E-state index in [-0.39, 0.29) is 12.2 Å². The molecule has 34 heavy (non-hydrogen) atoms. The molecule has 0 amide bonds. The molecule has 0 aliphatic carbocycles. The topological polar surface area (TPSA) is 82.2 Å². The summed E-state index contributed by atoms with van der Waals surface area (Å²) in [5.41, 5.74) is 6.55. The molecule has 6 rings (SSSR count). The van der Waals surface area contributed by atoms with E-state index < -0.39 is 0 Å². The Kier molecular flexibility index (Phi) is 5.48. The number of anilines is 1. The van der Waals surface area contributed by atoms with Crippen LogP contribution in [0.4, 0.5) is 5.69 Å². The summed E-state index contributed by atoms with van der Waals surface area (Å²) >= 11 is 0. The Labute approximate surface area is 200 Å². The summed E-state index contributed by atoms with van der Waals surface area (Å²) in [4.78, 5) is 9.37. The number of hydrogen-bond acceptors (Lipinski definition) is 7. The first-order valence-electron chi connectivity index (χ1n) is 12.3. The lowest BCUT2D eigenvalue weighted by Gasteiger charge is -2.45. The second-order valence-electron chi connectivity index (χ2n) is 9.87. The van der Waals surface area contributed by atoms with Gasteiger partial charge in [-0.1, -0.05) is 0 Å². The van der Waals surface area contributed by atoms with Gasteiger partial charge < -0.3 is 15.0 Å². The van der Waals surface area contributed by atoms with E-state index in [0.717, 1.165) is 68.8 Å². The summed E-state index contributed by atoms with van der Waals surface area (Å²) in [6, 6.07) is 10.7. The van der Waals surface area contributed by atoms with E-state index in [2.05, 4.69) is 56.8 Å². The minimum Gasteiger partial charge on any atom is -0.370 e. The second-order valence-corrected chi connectivity index (χ2v) is 9.87. The Hall–Kier alpha value is -2.99. The standard InChI is InChI=1S/C26H31N7O/c1-17-12-32(25-6-5-19(10-27)26-23(25)4-3-8-29-26)16-21(34-17)15-31-13-20(14-31)33-18(2)22-7-9-28-11-24(22)30-33/h3-6,8,17,20-21,28H,7,9,11-16H2,1-2H3. The average molecular weight is 458 g/mol. The largest absolute Gasteiger partial charge is 0.370 e. The van der Waals surface area contributed by atoms with Crippen molar-refractivity contribution in [1.29, 1.82) is 5.26 Å². The molecular weight excluding hydrogens is 426 g/mol. The van der Waals surface area contributed by atoms with Crippen molar-refractivity contribution in [2.24, 2.45) is 0 Å². The first-order chi connectivity index (χ1) is 16.6. The highest BCUT2D eigenvalue weighted by Crippen LogP contribution is 2.31. The van der Waals surface area contributed by atoms with Crippen LogP contribution in [-0.2, 0) is 17.7 Å². The summed E-state index contributed by atoms with van der Waals surface area (Å²) < 4.78 is 8.61. The van der Waals surface area contributed by atoms with Gasteiger partial charge in [0, 0.05) is 62.2 Å². The molecule has 2 fully saturated rings. The third-order valence-electron chi connectivity index (χ3n) is 7.48. The van der Waals surface area contributed by atoms with Gasteiger partial charge in [0.05, 0.1) is 35.0 Å². The van der Waals surface area contributed by atoms with Crippen LogP contribution in [0.5, 0.6) is 0 Å². The summed E-state index contributed by atoms with van der Waals surface area (Å²) in [6.07, 6.45) is 3.13. The van der Waals surface area contributed by atoms with Gasteiger partial charge in [-0.25, -0.2) is 0 Å². The van der Waals surface area contributed by atoms with Crippen molar-refractivity contribution in [3.05, 3.63) is 53.0 Å². The molecule has 0 spiro atoms. The molecule has 2 aromatic heterocycles. The van der Waals surface area contributed by atoms with E-state index in [0.29, 0.717) is 11.6 Å². The maximum absolute atomic E-state index is 9.48. The molecule has 3 aromatic rings. The first-order valence-corrected chi connectivity index (χ1v) is 12.3. The lowest BCUT2D eigenvalue weighted by molar-refractivity contribution is -0.0491. The van der Waals surface area contributed by atoms with Crippen molar-refractivity contribution in [2.75, 3.05) is 44.2 Å². The Morgan fingerprint density at radius 1 is 1.21 bits per heavy atom. The molecule has 1 N–H and O–H groups in total. The average Bonchev–Trinajstić information content (AvgIpc) is 3.16. The van der Waals surface area contributed by atoms with Crippen molar-refractivity contribution >= 4 is 16.6 Å². The van der Waals surface area contributed by atoms with Gasteiger partial charge in [0.2, 0.25) is 0 Å². The molecule has 0 radical (unpaired) electrons. The maximum Gasteiger partial charge on any atom is 0.101 e. The van der Waals surface area contributed by atoms with E-state index in [1.54, 1.807) is 6.20 Å². The number of fused-ring (bicyclic) bond motifs is 2. The van der Waals surface area contributed by atoms with Crippen LogP contribution in [0.3, 0.4) is 0 Å². The van der Waals surface area contributed by atoms with Gasteiger partial charge in [0.1, 0.15) is 6.07 Å². The molecule has 3 aliphatic heterocycles. The minimum atomic E-state index is 0.142. The normalized spacial score (nSPS) is 23.5. The van der Waals surface area contributed by atoms with Crippen LogP contribution in [-0.4, -0.2) is 71.1 Å². The lowest BCUT2D eigenvalue weighted by Crippen LogP contribution is -2.56. The predicted octanol–water partition coefficient (Wildman–Crippen LogP) is 2.41. The number of nitrogens with one attached hydrogen (secondary N) is 1. The third-order valence-corrected chi connectivity index (χ3v) is 7.48. The monoisotopic (exact) mass is 457 g/mol. The van der Waals surface area contributed by atoms with Gasteiger partial charge >= 0.3 is 0 Å². The predicted molar refractivity (Wildman–Crippen MR) is 131 cm³/mol. The number of rotatable bonds is 4. The number of ether oxygens (including phenoxy) is 1. The van der Waals surface area contributed by atoms with Crippen molar-refractivity contribution in [3.63, 3.8) is 0 Å². The highest BCUT2D eigenvalue weighted by atomic mass is 16.5. The molecule has 176 valence electrons. The fourth-order valence-electron chi connectivity index (χ4n) is 5.86. The smallest absolute Gasteiger partial charge is 0.101 e. The zero-order chi connectivity index (χ0) is 23.2. The number of morpholine rings is 1. The summed E-state index contributed by atoms with van der Waals surface area (Å²) in [6.45, 7) is 10.9. The quantitative estimate of drug-likeness (QED) is 0.644. The molecule has 1 aromatic carbocycles. The van der Waals surface area contributed by atoms with Gasteiger partial charge in [-0.2, -0.15) is 10.4 Å². The van der Waals surface area contributed by atoms with Crippen LogP contribution in [0.1, 0.15) is 35.5 Å². The van der Waals surface area contributed by atoms with Crippen molar-refractivity contribution in [3.8, 4) is 6.07 Å². The van der Waals surface area contributed by atoms with Crippen molar-refractivity contribution in [1.82, 2.24) is 25.0 Å². The van der Waals surface area contributed by atoms with Gasteiger partial charge in [0.25, 0.3) is 0 Å². The number of likely N-dealkylation sites (tertiary alicyclic amines) is 1. The number of aromatic nitrogens is 3. The Bertz CT molecular complexity index is 1260. The molecule has 0 saturated carbocycles. The van der Waals surface area contributed by atoms with Crippen LogP contribution in [0.2, 0.25) is 0 Å². The molecule has 2 unspecified atom stereocenters. The van der Waals surface area contributed by atoms with E-state index in [4.69, 9.17) is 9.84 Å². The lowest BCUT2D eigenvalue weighted by atomic mass is 10.0. The summed E-state index contributed by atoms with van der Waals surface area (Å²) in [5.74, 6) is 0. The van der Waals surface area contributed by atoms with Gasteiger partial charge in [0.15, 0.2) is 0 Å². The highest BCUT2D eigenvalue weighted by molar-refractivity contribution is 5.95. The molecule has 8 nitrogen and oxygen atoms in total. The van der Waals surface area contributed by atoms with Gasteiger partial charge in [-0.15, -0.1) is 0 Å². The van der Waals surface area contributed by atoms with E-state index in [1.807, 2.05) is 12.1 Å². The molecule has 2 atom stereocenters. The molecule has 3 aliphatic rings. The van der Waals surface area contributed by atoms with Crippen LogP contribution in [0.25, 0.3) is 10.9 Å².